The van der Waals surface area contributed by atoms with Gasteiger partial charge in [-0.15, -0.1) is 0 Å². The van der Waals surface area contributed by atoms with E-state index in [1.54, 1.807) is 25.3 Å². The van der Waals surface area contributed by atoms with Gasteiger partial charge in [0.1, 0.15) is 11.5 Å². The van der Waals surface area contributed by atoms with E-state index in [1.807, 2.05) is 24.5 Å². The monoisotopic (exact) mass is 356 g/mol. The molecule has 0 aliphatic rings. The Hall–Kier alpha value is -2.06. The van der Waals surface area contributed by atoms with Crippen LogP contribution in [0.2, 0.25) is 0 Å². The maximum Gasteiger partial charge on any atom is 0.377 e. The second-order valence-corrected chi connectivity index (χ2v) is 6.83. The summed E-state index contributed by atoms with van der Waals surface area (Å²) in [5, 5.41) is 0. The molecule has 0 aliphatic heterocycles. The fourth-order valence-corrected chi connectivity index (χ4v) is 2.89. The molecule has 0 spiro atoms. The van der Waals surface area contributed by atoms with Gasteiger partial charge in [0.15, 0.2) is 6.54 Å². The standard InChI is InChI=1S/C16H21NO6S/c1-4-22-12(2)10-16-17(8-5-9-24(18,19)20)14-11-13(21-3)6-7-15(14)23-16/h6-7,10-11H,4-5,8-9H2,1-3H3/p+1/b12-10-. The molecular formula is C16H22NO6S+. The predicted octanol–water partition coefficient (Wildman–Crippen LogP) is 2.40. The van der Waals surface area contributed by atoms with Gasteiger partial charge in [-0.2, -0.15) is 13.0 Å². The van der Waals surface area contributed by atoms with Crippen molar-refractivity contribution in [2.24, 2.45) is 0 Å². The van der Waals surface area contributed by atoms with E-state index < -0.39 is 10.1 Å². The normalized spacial score (nSPS) is 12.6. The van der Waals surface area contributed by atoms with Gasteiger partial charge in [-0.1, -0.05) is 0 Å². The van der Waals surface area contributed by atoms with Gasteiger partial charge in [-0.05, 0) is 26.0 Å². The summed E-state index contributed by atoms with van der Waals surface area (Å²) in [6.45, 7) is 4.62. The first-order chi connectivity index (χ1) is 11.3. The molecular weight excluding hydrogens is 334 g/mol. The van der Waals surface area contributed by atoms with Gasteiger partial charge < -0.3 is 13.9 Å². The van der Waals surface area contributed by atoms with Crippen LogP contribution in [0.1, 0.15) is 26.2 Å². The van der Waals surface area contributed by atoms with Crippen molar-refractivity contribution in [1.82, 2.24) is 0 Å². The van der Waals surface area contributed by atoms with E-state index in [0.29, 0.717) is 36.1 Å². The van der Waals surface area contributed by atoms with Crippen molar-refractivity contribution in [3.05, 3.63) is 29.8 Å². The first-order valence-corrected chi connectivity index (χ1v) is 9.21. The quantitative estimate of drug-likeness (QED) is 0.444. The number of ether oxygens (including phenoxy) is 2. The highest BCUT2D eigenvalue weighted by molar-refractivity contribution is 7.85. The van der Waals surface area contributed by atoms with Crippen LogP contribution in [0.5, 0.6) is 5.75 Å². The molecule has 0 unspecified atom stereocenters. The van der Waals surface area contributed by atoms with Crippen molar-refractivity contribution in [2.45, 2.75) is 26.8 Å². The summed E-state index contributed by atoms with van der Waals surface area (Å²) in [5.41, 5.74) is 1.43. The number of nitrogens with zero attached hydrogens (tertiary/aromatic N) is 1. The first kappa shape index (κ1) is 18.3. The molecule has 1 heterocycles. The molecule has 8 heteroatoms. The Kier molecular flexibility index (Phi) is 5.84. The summed E-state index contributed by atoms with van der Waals surface area (Å²) < 4.78 is 49.1. The lowest BCUT2D eigenvalue weighted by atomic mass is 10.3. The van der Waals surface area contributed by atoms with Crippen LogP contribution in [0.3, 0.4) is 0 Å². The molecule has 0 atom stereocenters. The van der Waals surface area contributed by atoms with E-state index in [4.69, 9.17) is 18.4 Å². The maximum absolute atomic E-state index is 10.9. The van der Waals surface area contributed by atoms with Crippen molar-refractivity contribution >= 4 is 27.3 Å². The van der Waals surface area contributed by atoms with Crippen molar-refractivity contribution < 1.29 is 31.4 Å². The molecule has 0 amide bonds. The maximum atomic E-state index is 10.9. The molecule has 0 fully saturated rings. The van der Waals surface area contributed by atoms with E-state index in [2.05, 4.69) is 0 Å². The number of aryl methyl sites for hydroxylation is 1. The van der Waals surface area contributed by atoms with Gasteiger partial charge in [0.2, 0.25) is 5.58 Å². The Balaban J connectivity index is 2.42. The van der Waals surface area contributed by atoms with Crippen LogP contribution in [0.25, 0.3) is 17.2 Å². The lowest BCUT2D eigenvalue weighted by molar-refractivity contribution is -0.677. The van der Waals surface area contributed by atoms with Crippen LogP contribution in [0, 0.1) is 0 Å². The third-order valence-electron chi connectivity index (χ3n) is 3.42. The summed E-state index contributed by atoms with van der Waals surface area (Å²) in [6, 6.07) is 5.40. The predicted molar refractivity (Wildman–Crippen MR) is 89.3 cm³/mol. The SMILES string of the molecule is CCO/C(C)=C\c1oc2ccc(OC)cc2[n+]1CCCS(=O)(=O)O. The van der Waals surface area contributed by atoms with Gasteiger partial charge in [-0.25, -0.2) is 0 Å². The van der Waals surface area contributed by atoms with E-state index in [-0.39, 0.29) is 12.2 Å². The minimum Gasteiger partial charge on any atom is -0.498 e. The van der Waals surface area contributed by atoms with Crippen molar-refractivity contribution in [3.8, 4) is 5.75 Å². The minimum atomic E-state index is -4.00. The van der Waals surface area contributed by atoms with Gasteiger partial charge in [0.05, 0.1) is 31.6 Å². The molecule has 1 aromatic carbocycles. The molecule has 24 heavy (non-hydrogen) atoms. The summed E-state index contributed by atoms with van der Waals surface area (Å²) in [6.07, 6.45) is 2.01. The molecule has 1 N–H and O–H groups in total. The topological polar surface area (TPSA) is 89.9 Å². The number of hydrogen-bond acceptors (Lipinski definition) is 5. The fourth-order valence-electron chi connectivity index (χ4n) is 2.39. The number of allylic oxidation sites excluding steroid dienone is 1. The Bertz CT molecular complexity index is 838. The number of hydrogen-bond donors (Lipinski definition) is 1. The zero-order valence-corrected chi connectivity index (χ0v) is 14.8. The molecule has 0 saturated carbocycles. The van der Waals surface area contributed by atoms with Crippen LogP contribution < -0.4 is 9.30 Å². The van der Waals surface area contributed by atoms with Crippen LogP contribution in [0.4, 0.5) is 0 Å². The number of fused-ring (bicyclic) bond motifs is 1. The molecule has 132 valence electrons. The highest BCUT2D eigenvalue weighted by atomic mass is 32.2. The van der Waals surface area contributed by atoms with Gasteiger partial charge in [-0.3, -0.25) is 4.55 Å². The van der Waals surface area contributed by atoms with E-state index >= 15 is 0 Å². The Labute approximate surface area is 141 Å². The zero-order valence-electron chi connectivity index (χ0n) is 14.0. The average molecular weight is 356 g/mol. The zero-order chi connectivity index (χ0) is 17.7. The van der Waals surface area contributed by atoms with Crippen molar-refractivity contribution in [1.29, 1.82) is 0 Å². The van der Waals surface area contributed by atoms with Gasteiger partial charge in [0.25, 0.3) is 15.6 Å². The number of oxazole rings is 1. The van der Waals surface area contributed by atoms with Crippen LogP contribution in [-0.2, 0) is 21.4 Å². The van der Waals surface area contributed by atoms with Gasteiger partial charge >= 0.3 is 5.89 Å². The third-order valence-corrected chi connectivity index (χ3v) is 4.22. The summed E-state index contributed by atoms with van der Waals surface area (Å²) in [5.74, 6) is 1.58. The summed E-state index contributed by atoms with van der Waals surface area (Å²) in [4.78, 5) is 0. The Morgan fingerprint density at radius 1 is 1.42 bits per heavy atom. The first-order valence-electron chi connectivity index (χ1n) is 7.60. The summed E-state index contributed by atoms with van der Waals surface area (Å²) in [7, 11) is -2.42. The highest BCUT2D eigenvalue weighted by Gasteiger charge is 2.22. The van der Waals surface area contributed by atoms with Crippen LogP contribution in [0.15, 0.2) is 28.4 Å². The van der Waals surface area contributed by atoms with E-state index in [1.165, 1.54) is 0 Å². The molecule has 0 radical (unpaired) electrons. The number of rotatable bonds is 8. The molecule has 7 nitrogen and oxygen atoms in total. The Morgan fingerprint density at radius 3 is 2.79 bits per heavy atom. The van der Waals surface area contributed by atoms with Crippen LogP contribution >= 0.6 is 0 Å². The van der Waals surface area contributed by atoms with Crippen molar-refractivity contribution in [2.75, 3.05) is 19.5 Å². The number of benzene rings is 1. The number of aromatic nitrogens is 1. The highest BCUT2D eigenvalue weighted by Crippen LogP contribution is 2.21. The molecule has 0 saturated heterocycles. The second kappa shape index (κ2) is 7.67. The second-order valence-electron chi connectivity index (χ2n) is 5.25. The molecule has 0 bridgehead atoms. The number of methoxy groups -OCH3 is 1. The Morgan fingerprint density at radius 2 is 2.17 bits per heavy atom. The van der Waals surface area contributed by atoms with E-state index in [9.17, 15) is 8.42 Å². The molecule has 0 aliphatic carbocycles. The lowest BCUT2D eigenvalue weighted by Gasteiger charge is -2.00. The van der Waals surface area contributed by atoms with Crippen molar-refractivity contribution in [3.63, 3.8) is 0 Å². The van der Waals surface area contributed by atoms with Crippen LogP contribution in [-0.4, -0.2) is 32.4 Å². The largest absolute Gasteiger partial charge is 0.498 e. The molecule has 2 rings (SSSR count). The molecule has 2 aromatic rings. The van der Waals surface area contributed by atoms with E-state index in [0.717, 1.165) is 5.52 Å². The lowest BCUT2D eigenvalue weighted by Crippen LogP contribution is -2.36. The third kappa shape index (κ3) is 4.72. The molecule has 1 aromatic heterocycles. The average Bonchev–Trinajstić information content (AvgIpc) is 2.83. The summed E-state index contributed by atoms with van der Waals surface area (Å²) >= 11 is 0. The minimum absolute atomic E-state index is 0.254. The van der Waals surface area contributed by atoms with Gasteiger partial charge in [0, 0.05) is 6.42 Å². The fraction of sp³-hybridized carbons (Fsp3) is 0.438. The smallest absolute Gasteiger partial charge is 0.377 e.